The lowest BCUT2D eigenvalue weighted by Gasteiger charge is -2.41. The Bertz CT molecular complexity index is 331. The molecule has 1 aliphatic rings. The van der Waals surface area contributed by atoms with Gasteiger partial charge < -0.3 is 24.8 Å². The van der Waals surface area contributed by atoms with Crippen molar-refractivity contribution in [3.63, 3.8) is 0 Å². The first-order valence-corrected chi connectivity index (χ1v) is 8.44. The van der Waals surface area contributed by atoms with Crippen LogP contribution in [0.5, 0.6) is 0 Å². The minimum atomic E-state index is 0.0741. The van der Waals surface area contributed by atoms with Crippen LogP contribution in [0.1, 0.15) is 20.3 Å². The fourth-order valence-corrected chi connectivity index (χ4v) is 2.43. The summed E-state index contributed by atoms with van der Waals surface area (Å²) in [6, 6.07) is 0. The molecule has 0 saturated carbocycles. The van der Waals surface area contributed by atoms with Gasteiger partial charge in [0.15, 0.2) is 5.96 Å². The molecule has 0 aliphatic carbocycles. The molecule has 1 saturated heterocycles. The number of aliphatic imine (C=N–C) groups is 1. The molecule has 0 atom stereocenters. The van der Waals surface area contributed by atoms with Crippen molar-refractivity contribution in [3.8, 4) is 0 Å². The van der Waals surface area contributed by atoms with Gasteiger partial charge in [-0.2, -0.15) is 0 Å². The number of nitrogens with one attached hydrogen (secondary N) is 2. The fourth-order valence-electron chi connectivity index (χ4n) is 2.43. The van der Waals surface area contributed by atoms with E-state index in [9.17, 15) is 0 Å². The lowest BCUT2D eigenvalue weighted by Crippen LogP contribution is -2.56. The highest BCUT2D eigenvalue weighted by atomic mass is 16.5. The number of methoxy groups -OCH3 is 1. The Morgan fingerprint density at radius 3 is 2.57 bits per heavy atom. The van der Waals surface area contributed by atoms with Gasteiger partial charge in [0, 0.05) is 52.5 Å². The van der Waals surface area contributed by atoms with E-state index in [2.05, 4.69) is 34.4 Å². The molecule has 1 rings (SSSR count). The van der Waals surface area contributed by atoms with E-state index >= 15 is 0 Å². The van der Waals surface area contributed by atoms with Crippen molar-refractivity contribution in [2.75, 3.05) is 73.4 Å². The van der Waals surface area contributed by atoms with E-state index in [4.69, 9.17) is 14.2 Å². The number of ether oxygens (including phenoxy) is 3. The second kappa shape index (κ2) is 11.6. The summed E-state index contributed by atoms with van der Waals surface area (Å²) < 4.78 is 15.8. The maximum absolute atomic E-state index is 5.44. The van der Waals surface area contributed by atoms with Gasteiger partial charge in [0.05, 0.1) is 26.4 Å². The van der Waals surface area contributed by atoms with E-state index in [1.807, 2.05) is 0 Å². The average Bonchev–Trinajstić information content (AvgIpc) is 2.57. The molecule has 2 N–H and O–H groups in total. The third kappa shape index (κ3) is 8.50. The Morgan fingerprint density at radius 2 is 1.91 bits per heavy atom. The summed E-state index contributed by atoms with van der Waals surface area (Å²) in [5.41, 5.74) is 0.0741. The van der Waals surface area contributed by atoms with E-state index in [0.29, 0.717) is 13.2 Å². The predicted octanol–water partition coefficient (Wildman–Crippen LogP) is 0.315. The van der Waals surface area contributed by atoms with Crippen molar-refractivity contribution >= 4 is 5.96 Å². The molecule has 7 heteroatoms. The minimum Gasteiger partial charge on any atom is -0.382 e. The lowest BCUT2D eigenvalue weighted by atomic mass is 10.0. The van der Waals surface area contributed by atoms with Crippen molar-refractivity contribution in [2.45, 2.75) is 25.8 Å². The summed E-state index contributed by atoms with van der Waals surface area (Å²) >= 11 is 0. The van der Waals surface area contributed by atoms with Gasteiger partial charge >= 0.3 is 0 Å². The largest absolute Gasteiger partial charge is 0.382 e. The molecular formula is C16H34N4O3. The number of hydrogen-bond acceptors (Lipinski definition) is 5. The predicted molar refractivity (Wildman–Crippen MR) is 93.1 cm³/mol. The van der Waals surface area contributed by atoms with Crippen molar-refractivity contribution in [1.29, 1.82) is 0 Å². The van der Waals surface area contributed by atoms with Crippen molar-refractivity contribution < 1.29 is 14.2 Å². The SMILES string of the molecule is CN=C(NCCCOCCOC)NCC(C)(C)N1CCOCC1. The molecular weight excluding hydrogens is 296 g/mol. The highest BCUT2D eigenvalue weighted by molar-refractivity contribution is 5.79. The van der Waals surface area contributed by atoms with Crippen LogP contribution in [-0.2, 0) is 14.2 Å². The van der Waals surface area contributed by atoms with Crippen LogP contribution in [0.25, 0.3) is 0 Å². The summed E-state index contributed by atoms with van der Waals surface area (Å²) in [5, 5.41) is 6.73. The fraction of sp³-hybridized carbons (Fsp3) is 0.938. The van der Waals surface area contributed by atoms with Crippen LogP contribution in [-0.4, -0.2) is 89.8 Å². The number of rotatable bonds is 10. The van der Waals surface area contributed by atoms with Crippen LogP contribution >= 0.6 is 0 Å². The number of nitrogens with zero attached hydrogens (tertiary/aromatic N) is 2. The monoisotopic (exact) mass is 330 g/mol. The summed E-state index contributed by atoms with van der Waals surface area (Å²) in [7, 11) is 3.48. The maximum Gasteiger partial charge on any atom is 0.191 e. The molecule has 0 bridgehead atoms. The quantitative estimate of drug-likeness (QED) is 0.341. The highest BCUT2D eigenvalue weighted by Gasteiger charge is 2.28. The van der Waals surface area contributed by atoms with E-state index in [1.165, 1.54) is 0 Å². The first-order chi connectivity index (χ1) is 11.1. The zero-order valence-corrected chi connectivity index (χ0v) is 15.2. The molecule has 0 amide bonds. The molecule has 0 spiro atoms. The zero-order chi connectivity index (χ0) is 17.0. The maximum atomic E-state index is 5.44. The van der Waals surface area contributed by atoms with Gasteiger partial charge in [-0.05, 0) is 20.3 Å². The topological polar surface area (TPSA) is 67.4 Å². The van der Waals surface area contributed by atoms with Gasteiger partial charge in [-0.25, -0.2) is 0 Å². The lowest BCUT2D eigenvalue weighted by molar-refractivity contribution is -0.00834. The summed E-state index contributed by atoms with van der Waals surface area (Å²) in [4.78, 5) is 6.73. The molecule has 0 unspecified atom stereocenters. The molecule has 7 nitrogen and oxygen atoms in total. The zero-order valence-electron chi connectivity index (χ0n) is 15.2. The molecule has 0 aromatic carbocycles. The molecule has 0 radical (unpaired) electrons. The molecule has 136 valence electrons. The minimum absolute atomic E-state index is 0.0741. The molecule has 23 heavy (non-hydrogen) atoms. The van der Waals surface area contributed by atoms with Gasteiger partial charge in [-0.15, -0.1) is 0 Å². The standard InChI is InChI=1S/C16H34N4O3/c1-16(2,20-7-10-23-11-8-20)14-19-15(17-3)18-6-5-9-22-13-12-21-4/h5-14H2,1-4H3,(H2,17,18,19). The Morgan fingerprint density at radius 1 is 1.17 bits per heavy atom. The summed E-state index contributed by atoms with van der Waals surface area (Å²) in [6.07, 6.45) is 0.942. The van der Waals surface area contributed by atoms with Gasteiger partial charge in [0.25, 0.3) is 0 Å². The molecule has 1 fully saturated rings. The van der Waals surface area contributed by atoms with E-state index in [0.717, 1.165) is 58.4 Å². The third-order valence-corrected chi connectivity index (χ3v) is 3.97. The van der Waals surface area contributed by atoms with E-state index in [-0.39, 0.29) is 5.54 Å². The molecule has 0 aromatic heterocycles. The normalized spacial score (nSPS) is 17.3. The van der Waals surface area contributed by atoms with Crippen LogP contribution in [0.15, 0.2) is 4.99 Å². The molecule has 1 heterocycles. The smallest absolute Gasteiger partial charge is 0.191 e. The van der Waals surface area contributed by atoms with Crippen LogP contribution in [0.4, 0.5) is 0 Å². The van der Waals surface area contributed by atoms with Gasteiger partial charge in [0.1, 0.15) is 0 Å². The van der Waals surface area contributed by atoms with Crippen molar-refractivity contribution in [2.24, 2.45) is 4.99 Å². The Labute approximate surface area is 140 Å². The first kappa shape index (κ1) is 20.2. The molecule has 1 aliphatic heterocycles. The van der Waals surface area contributed by atoms with Gasteiger partial charge in [0.2, 0.25) is 0 Å². The van der Waals surface area contributed by atoms with Gasteiger partial charge in [-0.1, -0.05) is 0 Å². The first-order valence-electron chi connectivity index (χ1n) is 8.44. The second-order valence-electron chi connectivity index (χ2n) is 6.22. The van der Waals surface area contributed by atoms with Crippen LogP contribution in [0, 0.1) is 0 Å². The van der Waals surface area contributed by atoms with Crippen molar-refractivity contribution in [3.05, 3.63) is 0 Å². The Hall–Kier alpha value is -0.890. The van der Waals surface area contributed by atoms with Crippen LogP contribution in [0.2, 0.25) is 0 Å². The highest BCUT2D eigenvalue weighted by Crippen LogP contribution is 2.14. The summed E-state index contributed by atoms with van der Waals surface area (Å²) in [6.45, 7) is 11.8. The van der Waals surface area contributed by atoms with Gasteiger partial charge in [-0.3, -0.25) is 9.89 Å². The average molecular weight is 330 g/mol. The molecule has 0 aromatic rings. The number of guanidine groups is 1. The van der Waals surface area contributed by atoms with E-state index < -0.39 is 0 Å². The Kier molecular flexibility index (Phi) is 10.2. The number of morpholine rings is 1. The van der Waals surface area contributed by atoms with Crippen LogP contribution in [0.3, 0.4) is 0 Å². The van der Waals surface area contributed by atoms with E-state index in [1.54, 1.807) is 14.2 Å². The second-order valence-corrected chi connectivity index (χ2v) is 6.22. The van der Waals surface area contributed by atoms with Crippen LogP contribution < -0.4 is 10.6 Å². The third-order valence-electron chi connectivity index (χ3n) is 3.97. The Balaban J connectivity index is 2.17. The number of hydrogen-bond donors (Lipinski definition) is 2. The summed E-state index contributed by atoms with van der Waals surface area (Å²) in [5.74, 6) is 0.836. The van der Waals surface area contributed by atoms with Crippen molar-refractivity contribution in [1.82, 2.24) is 15.5 Å².